The first kappa shape index (κ1) is 12.2. The lowest BCUT2D eigenvalue weighted by Crippen LogP contribution is -2.00. The first-order valence-corrected chi connectivity index (χ1v) is 7.57. The summed E-state index contributed by atoms with van der Waals surface area (Å²) in [6.07, 6.45) is 5.06. The van der Waals surface area contributed by atoms with Crippen molar-refractivity contribution in [1.82, 2.24) is 4.98 Å². The molecule has 1 aliphatic rings. The summed E-state index contributed by atoms with van der Waals surface area (Å²) in [5.41, 5.74) is 4.30. The summed E-state index contributed by atoms with van der Waals surface area (Å²) in [4.78, 5) is 6.23. The molecule has 0 radical (unpaired) electrons. The molecule has 0 bridgehead atoms. The zero-order chi connectivity index (χ0) is 12.5. The van der Waals surface area contributed by atoms with Gasteiger partial charge in [-0.25, -0.2) is 0 Å². The third-order valence-corrected chi connectivity index (χ3v) is 4.97. The fourth-order valence-corrected chi connectivity index (χ4v) is 3.75. The van der Waals surface area contributed by atoms with Gasteiger partial charge in [0.2, 0.25) is 0 Å². The normalized spacial score (nSPS) is 14.6. The van der Waals surface area contributed by atoms with Crippen LogP contribution in [0.2, 0.25) is 5.02 Å². The molecule has 18 heavy (non-hydrogen) atoms. The monoisotopic (exact) mass is 277 g/mol. The molecule has 0 saturated carbocycles. The van der Waals surface area contributed by atoms with Gasteiger partial charge in [-0.15, -0.1) is 0 Å². The molecule has 0 saturated heterocycles. The maximum Gasteiger partial charge on any atom is 0.0406 e. The maximum atomic E-state index is 5.92. The highest BCUT2D eigenvalue weighted by molar-refractivity contribution is 7.99. The molecule has 0 spiro atoms. The first-order chi connectivity index (χ1) is 8.74. The highest BCUT2D eigenvalue weighted by atomic mass is 35.5. The number of nitrogens with one attached hydrogen (secondary N) is 1. The fraction of sp³-hybridized carbons (Fsp3) is 0.333. The molecule has 1 aliphatic carbocycles. The minimum absolute atomic E-state index is 0.798. The Morgan fingerprint density at radius 3 is 2.61 bits per heavy atom. The Hall–Kier alpha value is -0.860. The molecule has 3 rings (SSSR count). The zero-order valence-electron chi connectivity index (χ0n) is 10.4. The first-order valence-electron chi connectivity index (χ1n) is 6.38. The molecule has 0 atom stereocenters. The van der Waals surface area contributed by atoms with Gasteiger partial charge in [0.1, 0.15) is 0 Å². The second-order valence-corrected chi connectivity index (χ2v) is 6.32. The summed E-state index contributed by atoms with van der Waals surface area (Å²) in [5, 5.41) is 0.798. The number of fused-ring (bicyclic) bond motifs is 1. The molecular weight excluding hydrogens is 262 g/mol. The van der Waals surface area contributed by atoms with Crippen LogP contribution < -0.4 is 0 Å². The Kier molecular flexibility index (Phi) is 3.40. The van der Waals surface area contributed by atoms with Crippen molar-refractivity contribution < 1.29 is 0 Å². The highest BCUT2D eigenvalue weighted by Gasteiger charge is 2.18. The SMILES string of the molecule is Cc1[nH]c2c(c1Sc1ccc(Cl)cc1)CCCC2. The van der Waals surface area contributed by atoms with E-state index in [-0.39, 0.29) is 0 Å². The summed E-state index contributed by atoms with van der Waals surface area (Å²) >= 11 is 7.78. The van der Waals surface area contributed by atoms with E-state index >= 15 is 0 Å². The van der Waals surface area contributed by atoms with Gasteiger partial charge in [-0.2, -0.15) is 0 Å². The van der Waals surface area contributed by atoms with Crippen molar-refractivity contribution in [3.63, 3.8) is 0 Å². The Morgan fingerprint density at radius 2 is 1.83 bits per heavy atom. The second-order valence-electron chi connectivity index (χ2n) is 4.80. The molecule has 1 N–H and O–H groups in total. The van der Waals surface area contributed by atoms with Crippen LogP contribution in [-0.2, 0) is 12.8 Å². The lowest BCUT2D eigenvalue weighted by Gasteiger charge is -2.12. The number of rotatable bonds is 2. The largest absolute Gasteiger partial charge is 0.361 e. The van der Waals surface area contributed by atoms with E-state index in [4.69, 9.17) is 11.6 Å². The lowest BCUT2D eigenvalue weighted by molar-refractivity contribution is 0.671. The van der Waals surface area contributed by atoms with Crippen LogP contribution in [0.3, 0.4) is 0 Å². The lowest BCUT2D eigenvalue weighted by atomic mass is 9.98. The summed E-state index contributed by atoms with van der Waals surface area (Å²) in [7, 11) is 0. The predicted octanol–water partition coefficient (Wildman–Crippen LogP) is 5.01. The molecule has 0 aliphatic heterocycles. The smallest absolute Gasteiger partial charge is 0.0406 e. The Labute approximate surface area is 117 Å². The van der Waals surface area contributed by atoms with Crippen LogP contribution in [0.4, 0.5) is 0 Å². The Bertz CT molecular complexity index is 557. The van der Waals surface area contributed by atoms with Crippen molar-refractivity contribution >= 4 is 23.4 Å². The van der Waals surface area contributed by atoms with E-state index in [9.17, 15) is 0 Å². The number of aryl methyl sites for hydroxylation is 2. The third kappa shape index (κ3) is 2.32. The molecule has 1 aromatic heterocycles. The average Bonchev–Trinajstić information content (AvgIpc) is 2.69. The van der Waals surface area contributed by atoms with E-state index in [0.29, 0.717) is 0 Å². The molecule has 1 heterocycles. The summed E-state index contributed by atoms with van der Waals surface area (Å²) in [6, 6.07) is 8.10. The molecule has 0 unspecified atom stereocenters. The third-order valence-electron chi connectivity index (χ3n) is 3.45. The van der Waals surface area contributed by atoms with Crippen LogP contribution in [0.1, 0.15) is 29.8 Å². The standard InChI is InChI=1S/C15H16ClNS/c1-10-15(13-4-2-3-5-14(13)17-10)18-12-8-6-11(16)7-9-12/h6-9,17H,2-5H2,1H3. The molecular formula is C15H16ClNS. The summed E-state index contributed by atoms with van der Waals surface area (Å²) in [5.74, 6) is 0. The number of hydrogen-bond acceptors (Lipinski definition) is 1. The van der Waals surface area contributed by atoms with E-state index < -0.39 is 0 Å². The molecule has 0 amide bonds. The quantitative estimate of drug-likeness (QED) is 0.816. The van der Waals surface area contributed by atoms with Crippen LogP contribution in [0.15, 0.2) is 34.1 Å². The van der Waals surface area contributed by atoms with E-state index in [0.717, 1.165) is 5.02 Å². The number of H-pyrrole nitrogens is 1. The van der Waals surface area contributed by atoms with Gasteiger partial charge < -0.3 is 4.98 Å². The van der Waals surface area contributed by atoms with Crippen molar-refractivity contribution in [3.8, 4) is 0 Å². The molecule has 3 heteroatoms. The van der Waals surface area contributed by atoms with Crippen LogP contribution in [0.25, 0.3) is 0 Å². The van der Waals surface area contributed by atoms with Crippen molar-refractivity contribution in [3.05, 3.63) is 46.2 Å². The molecule has 1 aromatic carbocycles. The zero-order valence-corrected chi connectivity index (χ0v) is 12.0. The van der Waals surface area contributed by atoms with Gasteiger partial charge in [0, 0.05) is 26.2 Å². The van der Waals surface area contributed by atoms with E-state index in [1.54, 1.807) is 5.56 Å². The molecule has 1 nitrogen and oxygen atoms in total. The van der Waals surface area contributed by atoms with Gasteiger partial charge in [0.05, 0.1) is 0 Å². The Morgan fingerprint density at radius 1 is 1.11 bits per heavy atom. The predicted molar refractivity (Wildman–Crippen MR) is 77.7 cm³/mol. The topological polar surface area (TPSA) is 15.8 Å². The van der Waals surface area contributed by atoms with E-state index in [1.165, 1.54) is 46.9 Å². The number of hydrogen-bond donors (Lipinski definition) is 1. The van der Waals surface area contributed by atoms with Gasteiger partial charge in [0.25, 0.3) is 0 Å². The van der Waals surface area contributed by atoms with E-state index in [2.05, 4.69) is 24.0 Å². The number of benzene rings is 1. The van der Waals surface area contributed by atoms with E-state index in [1.807, 2.05) is 23.9 Å². The van der Waals surface area contributed by atoms with Crippen molar-refractivity contribution in [2.45, 2.75) is 42.4 Å². The molecule has 94 valence electrons. The van der Waals surface area contributed by atoms with Crippen LogP contribution in [-0.4, -0.2) is 4.98 Å². The van der Waals surface area contributed by atoms with Crippen molar-refractivity contribution in [1.29, 1.82) is 0 Å². The van der Waals surface area contributed by atoms with Gasteiger partial charge in [-0.05, 0) is 62.4 Å². The van der Waals surface area contributed by atoms with Crippen LogP contribution in [0.5, 0.6) is 0 Å². The highest BCUT2D eigenvalue weighted by Crippen LogP contribution is 2.38. The number of halogens is 1. The number of aromatic amines is 1. The van der Waals surface area contributed by atoms with Gasteiger partial charge in [-0.1, -0.05) is 23.4 Å². The van der Waals surface area contributed by atoms with Crippen LogP contribution >= 0.6 is 23.4 Å². The van der Waals surface area contributed by atoms with Gasteiger partial charge >= 0.3 is 0 Å². The van der Waals surface area contributed by atoms with Gasteiger partial charge in [0.15, 0.2) is 0 Å². The Balaban J connectivity index is 1.92. The van der Waals surface area contributed by atoms with Crippen molar-refractivity contribution in [2.75, 3.05) is 0 Å². The molecule has 2 aromatic rings. The fourth-order valence-electron chi connectivity index (χ4n) is 2.56. The second kappa shape index (κ2) is 5.02. The minimum atomic E-state index is 0.798. The summed E-state index contributed by atoms with van der Waals surface area (Å²) < 4.78 is 0. The van der Waals surface area contributed by atoms with Crippen molar-refractivity contribution in [2.24, 2.45) is 0 Å². The molecule has 0 fully saturated rings. The average molecular weight is 278 g/mol. The summed E-state index contributed by atoms with van der Waals surface area (Å²) in [6.45, 7) is 2.18. The maximum absolute atomic E-state index is 5.92. The minimum Gasteiger partial charge on any atom is -0.361 e. The number of aromatic nitrogens is 1. The van der Waals surface area contributed by atoms with Crippen LogP contribution in [0, 0.1) is 6.92 Å². The van der Waals surface area contributed by atoms with Gasteiger partial charge in [-0.3, -0.25) is 0 Å².